The van der Waals surface area contributed by atoms with Crippen molar-refractivity contribution in [3.8, 4) is 11.3 Å². The van der Waals surface area contributed by atoms with Crippen LogP contribution in [0.25, 0.3) is 11.3 Å². The molecule has 0 unspecified atom stereocenters. The van der Waals surface area contributed by atoms with Gasteiger partial charge in [0.15, 0.2) is 0 Å². The number of amides is 2. The minimum Gasteiger partial charge on any atom is -0.421 e. The standard InChI is InChI=1S/C14H10N2O4/c17-12-5-6-13(18)16(12)10-3-4-11(20-14(10)19)9-2-1-7-15-8-9/h1-4,7-8H,5-6H2. The van der Waals surface area contributed by atoms with Gasteiger partial charge in [0.05, 0.1) is 0 Å². The second-order valence-corrected chi connectivity index (χ2v) is 4.34. The maximum absolute atomic E-state index is 12.0. The average Bonchev–Trinajstić information content (AvgIpc) is 2.79. The molecule has 0 atom stereocenters. The Morgan fingerprint density at radius 3 is 2.40 bits per heavy atom. The Hall–Kier alpha value is -2.76. The Kier molecular flexibility index (Phi) is 2.90. The number of hydrogen-bond acceptors (Lipinski definition) is 5. The third kappa shape index (κ3) is 2.01. The highest BCUT2D eigenvalue weighted by Crippen LogP contribution is 2.22. The lowest BCUT2D eigenvalue weighted by Crippen LogP contribution is -2.32. The van der Waals surface area contributed by atoms with Gasteiger partial charge in [0.25, 0.3) is 0 Å². The molecule has 1 aliphatic heterocycles. The zero-order valence-corrected chi connectivity index (χ0v) is 10.4. The van der Waals surface area contributed by atoms with Crippen LogP contribution >= 0.6 is 0 Å². The molecule has 1 aliphatic rings. The molecule has 6 nitrogen and oxygen atoms in total. The van der Waals surface area contributed by atoms with Gasteiger partial charge >= 0.3 is 5.63 Å². The Bertz CT molecular complexity index is 720. The topological polar surface area (TPSA) is 80.5 Å². The summed E-state index contributed by atoms with van der Waals surface area (Å²) in [6, 6.07) is 6.44. The third-order valence-electron chi connectivity index (χ3n) is 3.04. The summed E-state index contributed by atoms with van der Waals surface area (Å²) in [4.78, 5) is 40.0. The quantitative estimate of drug-likeness (QED) is 0.769. The van der Waals surface area contributed by atoms with Crippen molar-refractivity contribution in [2.24, 2.45) is 0 Å². The molecule has 2 aromatic rings. The van der Waals surface area contributed by atoms with Gasteiger partial charge in [-0.15, -0.1) is 0 Å². The summed E-state index contributed by atoms with van der Waals surface area (Å²) in [6.45, 7) is 0. The molecular formula is C14H10N2O4. The summed E-state index contributed by atoms with van der Waals surface area (Å²) in [6.07, 6.45) is 3.42. The monoisotopic (exact) mass is 270 g/mol. The van der Waals surface area contributed by atoms with Gasteiger partial charge in [-0.2, -0.15) is 0 Å². The highest BCUT2D eigenvalue weighted by atomic mass is 16.4. The van der Waals surface area contributed by atoms with E-state index in [2.05, 4.69) is 4.98 Å². The van der Waals surface area contributed by atoms with Gasteiger partial charge < -0.3 is 4.42 Å². The van der Waals surface area contributed by atoms with Crippen LogP contribution in [0.5, 0.6) is 0 Å². The molecular weight excluding hydrogens is 260 g/mol. The highest BCUT2D eigenvalue weighted by molar-refractivity contribution is 6.19. The molecule has 0 saturated carbocycles. The second kappa shape index (κ2) is 4.73. The predicted octanol–water partition coefficient (Wildman–Crippen LogP) is 1.36. The smallest absolute Gasteiger partial charge is 0.360 e. The Labute approximate surface area is 113 Å². The van der Waals surface area contributed by atoms with Gasteiger partial charge in [-0.05, 0) is 24.3 Å². The molecule has 100 valence electrons. The number of nitrogens with zero attached hydrogens (tertiary/aromatic N) is 2. The van der Waals surface area contributed by atoms with Crippen molar-refractivity contribution in [1.82, 2.24) is 4.98 Å². The van der Waals surface area contributed by atoms with Crippen LogP contribution in [0.2, 0.25) is 0 Å². The van der Waals surface area contributed by atoms with Gasteiger partial charge in [0.1, 0.15) is 11.4 Å². The van der Waals surface area contributed by atoms with Gasteiger partial charge in [-0.25, -0.2) is 9.69 Å². The van der Waals surface area contributed by atoms with Gasteiger partial charge in [0, 0.05) is 30.8 Å². The summed E-state index contributed by atoms with van der Waals surface area (Å²) in [7, 11) is 0. The van der Waals surface area contributed by atoms with Crippen LogP contribution in [0.3, 0.4) is 0 Å². The van der Waals surface area contributed by atoms with Crippen molar-refractivity contribution in [2.75, 3.05) is 4.90 Å². The molecule has 3 rings (SSSR count). The lowest BCUT2D eigenvalue weighted by Gasteiger charge is -2.12. The molecule has 2 amide bonds. The average molecular weight is 270 g/mol. The van der Waals surface area contributed by atoms with Gasteiger partial charge in [-0.1, -0.05) is 0 Å². The second-order valence-electron chi connectivity index (χ2n) is 4.34. The van der Waals surface area contributed by atoms with Crippen LogP contribution in [0, 0.1) is 0 Å². The molecule has 1 saturated heterocycles. The molecule has 20 heavy (non-hydrogen) atoms. The number of aromatic nitrogens is 1. The van der Waals surface area contributed by atoms with Crippen molar-refractivity contribution in [3.05, 3.63) is 47.1 Å². The SMILES string of the molecule is O=C1CCC(=O)N1c1ccc(-c2cccnc2)oc1=O. The molecule has 1 fully saturated rings. The molecule has 0 N–H and O–H groups in total. The first kappa shape index (κ1) is 12.3. The molecule has 0 bridgehead atoms. The van der Waals surface area contributed by atoms with Crippen molar-refractivity contribution in [1.29, 1.82) is 0 Å². The van der Waals surface area contributed by atoms with E-state index in [9.17, 15) is 14.4 Å². The van der Waals surface area contributed by atoms with E-state index >= 15 is 0 Å². The first-order valence-electron chi connectivity index (χ1n) is 6.07. The minimum atomic E-state index is -0.713. The fourth-order valence-corrected chi connectivity index (χ4v) is 2.08. The van der Waals surface area contributed by atoms with Crippen molar-refractivity contribution >= 4 is 17.5 Å². The van der Waals surface area contributed by atoms with Gasteiger partial charge in [0.2, 0.25) is 11.8 Å². The van der Waals surface area contributed by atoms with Crippen molar-refractivity contribution in [3.63, 3.8) is 0 Å². The predicted molar refractivity (Wildman–Crippen MR) is 69.9 cm³/mol. The largest absolute Gasteiger partial charge is 0.421 e. The maximum Gasteiger partial charge on any atom is 0.360 e. The Morgan fingerprint density at radius 1 is 1.05 bits per heavy atom. The van der Waals surface area contributed by atoms with E-state index in [-0.39, 0.29) is 30.3 Å². The molecule has 3 heterocycles. The summed E-state index contributed by atoms with van der Waals surface area (Å²) in [5.74, 6) is -0.418. The molecule has 0 aliphatic carbocycles. The number of pyridine rings is 1. The van der Waals surface area contributed by atoms with E-state index in [1.165, 1.54) is 6.07 Å². The zero-order chi connectivity index (χ0) is 14.1. The number of carbonyl (C=O) groups is 2. The lowest BCUT2D eigenvalue weighted by molar-refractivity contribution is -0.121. The summed E-state index contributed by atoms with van der Waals surface area (Å²) < 4.78 is 5.16. The highest BCUT2D eigenvalue weighted by Gasteiger charge is 2.32. The van der Waals surface area contributed by atoms with Gasteiger partial charge in [-0.3, -0.25) is 14.6 Å². The van der Waals surface area contributed by atoms with E-state index in [4.69, 9.17) is 4.42 Å². The summed E-state index contributed by atoms with van der Waals surface area (Å²) in [5, 5.41) is 0. The van der Waals surface area contributed by atoms with E-state index < -0.39 is 5.63 Å². The Balaban J connectivity index is 2.03. The van der Waals surface area contributed by atoms with Crippen LogP contribution < -0.4 is 10.5 Å². The molecule has 0 aromatic carbocycles. The van der Waals surface area contributed by atoms with Crippen molar-refractivity contribution < 1.29 is 14.0 Å². The fraction of sp³-hybridized carbons (Fsp3) is 0.143. The van der Waals surface area contributed by atoms with Crippen LogP contribution in [0.15, 0.2) is 45.9 Å². The van der Waals surface area contributed by atoms with E-state index in [1.54, 1.807) is 30.6 Å². The summed E-state index contributed by atoms with van der Waals surface area (Å²) >= 11 is 0. The van der Waals surface area contributed by atoms with Crippen LogP contribution in [-0.2, 0) is 9.59 Å². The van der Waals surface area contributed by atoms with Crippen molar-refractivity contribution in [2.45, 2.75) is 12.8 Å². The maximum atomic E-state index is 12.0. The number of rotatable bonds is 2. The van der Waals surface area contributed by atoms with E-state index in [0.29, 0.717) is 11.3 Å². The normalized spacial score (nSPS) is 14.9. The first-order chi connectivity index (χ1) is 9.66. The van der Waals surface area contributed by atoms with Crippen LogP contribution in [0.4, 0.5) is 5.69 Å². The Morgan fingerprint density at radius 2 is 1.80 bits per heavy atom. The van der Waals surface area contributed by atoms with E-state index in [0.717, 1.165) is 4.90 Å². The molecule has 6 heteroatoms. The minimum absolute atomic E-state index is 0.0369. The third-order valence-corrected chi connectivity index (χ3v) is 3.04. The van der Waals surface area contributed by atoms with Crippen LogP contribution in [-0.4, -0.2) is 16.8 Å². The molecule has 2 aromatic heterocycles. The zero-order valence-electron chi connectivity index (χ0n) is 10.4. The van der Waals surface area contributed by atoms with E-state index in [1.807, 2.05) is 0 Å². The number of hydrogen-bond donors (Lipinski definition) is 0. The molecule has 0 radical (unpaired) electrons. The van der Waals surface area contributed by atoms with Crippen LogP contribution in [0.1, 0.15) is 12.8 Å². The lowest BCUT2D eigenvalue weighted by atomic mass is 10.2. The summed E-state index contributed by atoms with van der Waals surface area (Å²) in [5.41, 5.74) is -0.102. The first-order valence-corrected chi connectivity index (χ1v) is 6.07. The fourth-order valence-electron chi connectivity index (χ4n) is 2.08. The number of anilines is 1. The molecule has 0 spiro atoms. The number of carbonyl (C=O) groups excluding carboxylic acids is 2. The number of imide groups is 1.